The Morgan fingerprint density at radius 1 is 0.562 bits per heavy atom. The van der Waals surface area contributed by atoms with Gasteiger partial charge in [-0.3, -0.25) is 0 Å². The first-order valence-electron chi connectivity index (χ1n) is 12.6. The van der Waals surface area contributed by atoms with Crippen LogP contribution in [0.15, 0.2) is 0 Å². The zero-order valence-electron chi connectivity index (χ0n) is 24.4. The van der Waals surface area contributed by atoms with E-state index in [1.165, 1.54) is 0 Å². The average molecular weight is 629 g/mol. The number of rotatable bonds is 2. The Morgan fingerprint density at radius 2 is 0.969 bits per heavy atom. The fourth-order valence-corrected chi connectivity index (χ4v) is 9.91. The van der Waals surface area contributed by atoms with Crippen molar-refractivity contribution in [2.75, 3.05) is 0 Å². The van der Waals surface area contributed by atoms with Gasteiger partial charge >= 0.3 is 25.8 Å². The molecule has 0 spiro atoms. The third-order valence-electron chi connectivity index (χ3n) is 10.1. The quantitative estimate of drug-likeness (QED) is 0.211. The Labute approximate surface area is 227 Å². The van der Waals surface area contributed by atoms with Crippen LogP contribution in [0.1, 0.15) is 79.6 Å². The average Bonchev–Trinajstić information content (AvgIpc) is 3.25. The predicted octanol–water partition coefficient (Wildman–Crippen LogP) is 10.2. The van der Waals surface area contributed by atoms with Gasteiger partial charge in [0.25, 0.3) is 0 Å². The van der Waals surface area contributed by atoms with Crippen molar-refractivity contribution in [3.8, 4) is 0 Å². The fourth-order valence-electron chi connectivity index (χ4n) is 7.83. The van der Waals surface area contributed by atoms with Crippen LogP contribution in [0.25, 0.3) is 0 Å². The van der Waals surface area contributed by atoms with Gasteiger partial charge in [-0.1, -0.05) is 86.0 Å². The molecule has 4 saturated carbocycles. The van der Waals surface area contributed by atoms with Crippen molar-refractivity contribution >= 4 is 8.07 Å². The van der Waals surface area contributed by atoms with Gasteiger partial charge in [0.2, 0.25) is 0 Å². The smallest absolute Gasteiger partial charge is 0.358 e. The van der Waals surface area contributed by atoms with Crippen LogP contribution in [0.3, 0.4) is 0 Å². The normalized spacial score (nSPS) is 41.6. The third kappa shape index (κ3) is 8.64. The van der Waals surface area contributed by atoms with Gasteiger partial charge in [-0.05, 0) is 78.4 Å². The van der Waals surface area contributed by atoms with Crippen molar-refractivity contribution in [3.05, 3.63) is 29.7 Å². The zero-order chi connectivity index (χ0) is 19.9. The van der Waals surface area contributed by atoms with Crippen molar-refractivity contribution in [3.63, 3.8) is 0 Å². The van der Waals surface area contributed by atoms with Gasteiger partial charge in [-0.25, -0.2) is 0 Å². The minimum Gasteiger partial charge on any atom is -0.358 e. The van der Waals surface area contributed by atoms with Gasteiger partial charge in [0.05, 0.1) is 0 Å². The first kappa shape index (κ1) is 37.6. The Morgan fingerprint density at radius 3 is 1.38 bits per heavy atom. The molecule has 0 saturated heterocycles. The van der Waals surface area contributed by atoms with Crippen LogP contribution in [-0.4, -0.2) is 8.07 Å². The van der Waals surface area contributed by atoms with Crippen LogP contribution in [0.5, 0.6) is 0 Å². The molecule has 0 N–H and O–H groups in total. The van der Waals surface area contributed by atoms with Crippen LogP contribution in [0, 0.1) is 88.9 Å². The second-order valence-electron chi connectivity index (χ2n) is 12.7. The van der Waals surface area contributed by atoms with Crippen LogP contribution in [0.4, 0.5) is 0 Å². The summed E-state index contributed by atoms with van der Waals surface area (Å²) in [6, 6.07) is 1.62. The second kappa shape index (κ2) is 15.3. The number of hydrogen-bond acceptors (Lipinski definition) is 0. The Bertz CT molecular complexity index is 439. The molecule has 5 unspecified atom stereocenters. The summed E-state index contributed by atoms with van der Waals surface area (Å²) in [4.78, 5) is 0. The van der Waals surface area contributed by atoms with Crippen LogP contribution < -0.4 is 0 Å². The summed E-state index contributed by atoms with van der Waals surface area (Å²) in [7, 11) is -0.832. The number of hydrogen-bond donors (Lipinski definition) is 0. The molecule has 32 heavy (non-hydrogen) atoms. The summed E-state index contributed by atoms with van der Waals surface area (Å²) in [5.74, 6) is 10.4. The summed E-state index contributed by atoms with van der Waals surface area (Å²) >= 11 is 0. The molecule has 0 heterocycles. The zero-order valence-corrected chi connectivity index (χ0v) is 29.0. The van der Waals surface area contributed by atoms with Gasteiger partial charge < -0.3 is 29.7 Å². The van der Waals surface area contributed by atoms with Crippen LogP contribution >= 0.6 is 0 Å². The largest absolute Gasteiger partial charge is 4.00 e. The number of fused-ring (bicyclic) bond motifs is 2. The molecule has 0 aromatic rings. The van der Waals surface area contributed by atoms with E-state index in [0.29, 0.717) is 0 Å². The van der Waals surface area contributed by atoms with Crippen molar-refractivity contribution in [2.45, 2.75) is 105 Å². The first-order chi connectivity index (χ1) is 12.6. The third-order valence-corrected chi connectivity index (χ3v) is 11.9. The van der Waals surface area contributed by atoms with Gasteiger partial charge in [0.1, 0.15) is 0 Å². The first-order valence-corrected chi connectivity index (χ1v) is 16.3. The van der Waals surface area contributed by atoms with E-state index in [-0.39, 0.29) is 55.5 Å². The molecular formula is C30H62HfSi. The molecule has 4 aliphatic rings. The van der Waals surface area contributed by atoms with Crippen LogP contribution in [-0.2, 0) is 25.8 Å². The molecule has 4 rings (SSSR count). The topological polar surface area (TPSA) is 0 Å². The Balaban J connectivity index is -0.000000499. The summed E-state index contributed by atoms with van der Waals surface area (Å²) in [6.45, 7) is 19.7. The Hall–Kier alpha value is 1.09. The predicted molar refractivity (Wildman–Crippen MR) is 149 cm³/mol. The molecule has 4 fully saturated rings. The maximum atomic E-state index is 2.57. The molecule has 190 valence electrons. The molecule has 0 bridgehead atoms. The minimum atomic E-state index is -0.832. The van der Waals surface area contributed by atoms with E-state index in [1.54, 1.807) is 51.0 Å². The SMILES string of the molecule is CC1C(C)C(C)C(C)C1C.C[Si](C)(C)CC1CCC2CC3CCCC3CC21.[CH3-].[CH3-].[CH3-].[CH3-].[Hf+4]. The van der Waals surface area contributed by atoms with Crippen LogP contribution in [0.2, 0.25) is 25.7 Å². The summed E-state index contributed by atoms with van der Waals surface area (Å²) in [5.41, 5.74) is 0. The van der Waals surface area contributed by atoms with E-state index in [9.17, 15) is 0 Å². The molecule has 0 nitrogen and oxygen atoms in total. The monoisotopic (exact) mass is 630 g/mol. The van der Waals surface area contributed by atoms with Gasteiger partial charge in [0, 0.05) is 8.07 Å². The molecule has 0 aromatic heterocycles. The van der Waals surface area contributed by atoms with E-state index >= 15 is 0 Å². The van der Waals surface area contributed by atoms with Gasteiger partial charge in [0.15, 0.2) is 0 Å². The molecule has 2 heteroatoms. The molecule has 0 radical (unpaired) electrons. The van der Waals surface area contributed by atoms with Gasteiger partial charge in [-0.2, -0.15) is 0 Å². The minimum absolute atomic E-state index is 0. The van der Waals surface area contributed by atoms with E-state index in [4.69, 9.17) is 0 Å². The van der Waals surface area contributed by atoms with Gasteiger partial charge in [-0.15, -0.1) is 0 Å². The summed E-state index contributed by atoms with van der Waals surface area (Å²) < 4.78 is 0. The van der Waals surface area contributed by atoms with E-state index < -0.39 is 8.07 Å². The summed E-state index contributed by atoms with van der Waals surface area (Å²) in [6.07, 6.45) is 11.1. The maximum Gasteiger partial charge on any atom is 4.00 e. The summed E-state index contributed by atoms with van der Waals surface area (Å²) in [5, 5.41) is 0. The van der Waals surface area contributed by atoms with Crippen molar-refractivity contribution in [1.29, 1.82) is 0 Å². The maximum absolute atomic E-state index is 2.57. The molecule has 4 aliphatic carbocycles. The van der Waals surface area contributed by atoms with E-state index in [2.05, 4.69) is 54.3 Å². The second-order valence-corrected chi connectivity index (χ2v) is 18.3. The van der Waals surface area contributed by atoms with Crippen molar-refractivity contribution < 1.29 is 25.8 Å². The molecule has 5 atom stereocenters. The fraction of sp³-hybridized carbons (Fsp3) is 0.867. The standard InChI is InChI=1S/C16H30Si.C10H20.4CH3.Hf/c1-17(2,3)11-15-8-7-14-9-12-5-4-6-13(12)10-16(14)15;1-6-7(2)9(4)10(5)8(6)3;;;;;/h12-16H,4-11H2,1-3H3;6-10H,1-5H3;4*1H3;/q;;4*-1;+4. The molecule has 0 aromatic carbocycles. The van der Waals surface area contributed by atoms with E-state index in [0.717, 1.165) is 59.2 Å². The van der Waals surface area contributed by atoms with E-state index in [1.807, 2.05) is 0 Å². The van der Waals surface area contributed by atoms with Crippen molar-refractivity contribution in [2.24, 2.45) is 59.2 Å². The van der Waals surface area contributed by atoms with Crippen molar-refractivity contribution in [1.82, 2.24) is 0 Å². The molecule has 0 aliphatic heterocycles. The Kier molecular flexibility index (Phi) is 17.9. The molecular weight excluding hydrogens is 567 g/mol. The molecule has 0 amide bonds.